The molecule has 5 rings (SSSR count). The van der Waals surface area contributed by atoms with E-state index in [0.29, 0.717) is 28.5 Å². The summed E-state index contributed by atoms with van der Waals surface area (Å²) in [6.07, 6.45) is 6.88. The predicted octanol–water partition coefficient (Wildman–Crippen LogP) is 3.62. The lowest BCUT2D eigenvalue weighted by molar-refractivity contribution is 0.222. The van der Waals surface area contributed by atoms with E-state index in [-0.39, 0.29) is 11.6 Å². The first-order valence-electron chi connectivity index (χ1n) is 9.67. The molecular formula is C21H18FN7O. The second kappa shape index (κ2) is 7.51. The first-order chi connectivity index (χ1) is 14.7. The molecule has 1 saturated heterocycles. The van der Waals surface area contributed by atoms with Crippen molar-refractivity contribution in [3.8, 4) is 22.6 Å². The number of nitrogens with zero attached hydrogens (tertiary/aromatic N) is 6. The minimum Gasteiger partial charge on any atom is -0.325 e. The van der Waals surface area contributed by atoms with Gasteiger partial charge in [-0.25, -0.2) is 23.7 Å². The molecule has 2 amide bonds. The van der Waals surface area contributed by atoms with Crippen LogP contribution in [0, 0.1) is 5.82 Å². The lowest BCUT2D eigenvalue weighted by Gasteiger charge is -2.16. The Morgan fingerprint density at radius 2 is 1.90 bits per heavy atom. The van der Waals surface area contributed by atoms with E-state index >= 15 is 0 Å². The van der Waals surface area contributed by atoms with Crippen molar-refractivity contribution in [2.45, 2.75) is 12.8 Å². The molecule has 0 bridgehead atoms. The Hall–Kier alpha value is -3.88. The number of aromatic nitrogens is 5. The summed E-state index contributed by atoms with van der Waals surface area (Å²) < 4.78 is 16.0. The van der Waals surface area contributed by atoms with Crippen LogP contribution < -0.4 is 5.32 Å². The van der Waals surface area contributed by atoms with Gasteiger partial charge in [-0.15, -0.1) is 0 Å². The Bertz CT molecular complexity index is 1220. The molecule has 150 valence electrons. The topological polar surface area (TPSA) is 88.3 Å². The first-order valence-corrected chi connectivity index (χ1v) is 9.67. The van der Waals surface area contributed by atoms with Gasteiger partial charge in [-0.3, -0.25) is 4.98 Å². The average Bonchev–Trinajstić information content (AvgIpc) is 3.45. The molecule has 1 aliphatic heterocycles. The summed E-state index contributed by atoms with van der Waals surface area (Å²) >= 11 is 0. The SMILES string of the molecule is O=C(Nc1ccc(F)c(-c2cn3nc(-c4ccccn4)cnc3n2)c1)N1CCCC1. The summed E-state index contributed by atoms with van der Waals surface area (Å²) in [5.74, 6) is -0.0990. The van der Waals surface area contributed by atoms with Crippen molar-refractivity contribution in [3.63, 3.8) is 0 Å². The van der Waals surface area contributed by atoms with Gasteiger partial charge in [0.15, 0.2) is 0 Å². The van der Waals surface area contributed by atoms with Crippen LogP contribution in [0.1, 0.15) is 12.8 Å². The van der Waals surface area contributed by atoms with Gasteiger partial charge in [-0.05, 0) is 43.2 Å². The molecule has 1 fully saturated rings. The van der Waals surface area contributed by atoms with Gasteiger partial charge < -0.3 is 10.2 Å². The molecule has 4 heterocycles. The molecule has 8 nitrogen and oxygen atoms in total. The second-order valence-electron chi connectivity index (χ2n) is 7.05. The van der Waals surface area contributed by atoms with Crippen molar-refractivity contribution < 1.29 is 9.18 Å². The third-order valence-corrected chi connectivity index (χ3v) is 5.00. The van der Waals surface area contributed by atoms with Gasteiger partial charge in [0.05, 0.1) is 23.8 Å². The summed E-state index contributed by atoms with van der Waals surface area (Å²) in [6.45, 7) is 1.48. The van der Waals surface area contributed by atoms with Crippen LogP contribution in [-0.2, 0) is 0 Å². The smallest absolute Gasteiger partial charge is 0.321 e. The number of halogens is 1. The van der Waals surface area contributed by atoms with Crippen molar-refractivity contribution in [2.24, 2.45) is 0 Å². The van der Waals surface area contributed by atoms with E-state index < -0.39 is 5.82 Å². The van der Waals surface area contributed by atoms with E-state index in [2.05, 4.69) is 25.4 Å². The van der Waals surface area contributed by atoms with Crippen LogP contribution in [0.15, 0.2) is 55.0 Å². The quantitative estimate of drug-likeness (QED) is 0.564. The standard InChI is InChI=1S/C21H18FN7O/c22-16-7-6-14(25-21(30)28-9-3-4-10-28)11-15(16)19-13-29-20(26-19)24-12-18(27-29)17-5-1-2-8-23-17/h1-2,5-8,11-13H,3-4,9-10H2,(H,25,30). The number of likely N-dealkylation sites (tertiary alicyclic amines) is 1. The van der Waals surface area contributed by atoms with Crippen LogP contribution in [-0.4, -0.2) is 48.6 Å². The zero-order valence-corrected chi connectivity index (χ0v) is 16.0. The van der Waals surface area contributed by atoms with Gasteiger partial charge in [0.1, 0.15) is 11.5 Å². The number of amides is 2. The molecule has 0 atom stereocenters. The fourth-order valence-electron chi connectivity index (χ4n) is 3.47. The highest BCUT2D eigenvalue weighted by Crippen LogP contribution is 2.26. The van der Waals surface area contributed by atoms with Crippen LogP contribution in [0.25, 0.3) is 28.4 Å². The van der Waals surface area contributed by atoms with Crippen LogP contribution in [0.4, 0.5) is 14.9 Å². The molecule has 0 spiro atoms. The number of anilines is 1. The molecule has 9 heteroatoms. The lowest BCUT2D eigenvalue weighted by Crippen LogP contribution is -2.32. The first kappa shape index (κ1) is 18.2. The summed E-state index contributed by atoms with van der Waals surface area (Å²) in [5.41, 5.74) is 2.42. The Labute approximate surface area is 171 Å². The van der Waals surface area contributed by atoms with Crippen molar-refractivity contribution in [3.05, 3.63) is 60.8 Å². The van der Waals surface area contributed by atoms with Crippen molar-refractivity contribution in [1.82, 2.24) is 29.5 Å². The van der Waals surface area contributed by atoms with Gasteiger partial charge in [-0.2, -0.15) is 5.10 Å². The van der Waals surface area contributed by atoms with Crippen LogP contribution >= 0.6 is 0 Å². The third kappa shape index (κ3) is 3.45. The number of benzene rings is 1. The minimum atomic E-state index is -0.442. The molecule has 3 aromatic heterocycles. The molecule has 0 aliphatic carbocycles. The average molecular weight is 403 g/mol. The molecule has 0 radical (unpaired) electrons. The Kier molecular flexibility index (Phi) is 4.55. The number of imidazole rings is 1. The zero-order valence-electron chi connectivity index (χ0n) is 16.0. The molecule has 0 unspecified atom stereocenters. The fourth-order valence-corrected chi connectivity index (χ4v) is 3.47. The van der Waals surface area contributed by atoms with Gasteiger partial charge >= 0.3 is 6.03 Å². The maximum atomic E-state index is 14.5. The van der Waals surface area contributed by atoms with Gasteiger partial charge in [0.25, 0.3) is 5.78 Å². The van der Waals surface area contributed by atoms with Crippen molar-refractivity contribution >= 4 is 17.5 Å². The number of nitrogens with one attached hydrogen (secondary N) is 1. The fraction of sp³-hybridized carbons (Fsp3) is 0.190. The zero-order chi connectivity index (χ0) is 20.5. The summed E-state index contributed by atoms with van der Waals surface area (Å²) in [5, 5.41) is 7.31. The van der Waals surface area contributed by atoms with E-state index in [1.165, 1.54) is 16.6 Å². The van der Waals surface area contributed by atoms with Crippen LogP contribution in [0.2, 0.25) is 0 Å². The van der Waals surface area contributed by atoms with Crippen LogP contribution in [0.3, 0.4) is 0 Å². The monoisotopic (exact) mass is 403 g/mol. The molecule has 1 aromatic carbocycles. The summed E-state index contributed by atoms with van der Waals surface area (Å²) in [6, 6.07) is 9.78. The van der Waals surface area contributed by atoms with Gasteiger partial charge in [-0.1, -0.05) is 6.07 Å². The van der Waals surface area contributed by atoms with Gasteiger partial charge in [0, 0.05) is 30.5 Å². The molecular weight excluding hydrogens is 385 g/mol. The number of urea groups is 1. The number of hydrogen-bond acceptors (Lipinski definition) is 5. The highest BCUT2D eigenvalue weighted by Gasteiger charge is 2.19. The number of pyridine rings is 1. The molecule has 1 aliphatic rings. The largest absolute Gasteiger partial charge is 0.325 e. The molecule has 4 aromatic rings. The summed E-state index contributed by atoms with van der Waals surface area (Å²) in [4.78, 5) is 27.0. The van der Waals surface area contributed by atoms with E-state index in [1.54, 1.807) is 29.6 Å². The number of hydrogen-bond donors (Lipinski definition) is 1. The Balaban J connectivity index is 1.46. The maximum absolute atomic E-state index is 14.5. The maximum Gasteiger partial charge on any atom is 0.321 e. The van der Waals surface area contributed by atoms with E-state index in [0.717, 1.165) is 25.9 Å². The number of rotatable bonds is 3. The minimum absolute atomic E-state index is 0.177. The predicted molar refractivity (Wildman–Crippen MR) is 109 cm³/mol. The van der Waals surface area contributed by atoms with Crippen molar-refractivity contribution in [2.75, 3.05) is 18.4 Å². The van der Waals surface area contributed by atoms with Crippen molar-refractivity contribution in [1.29, 1.82) is 0 Å². The Morgan fingerprint density at radius 3 is 2.70 bits per heavy atom. The lowest BCUT2D eigenvalue weighted by atomic mass is 10.1. The third-order valence-electron chi connectivity index (χ3n) is 5.00. The van der Waals surface area contributed by atoms with E-state index in [1.807, 2.05) is 18.2 Å². The molecule has 0 saturated carbocycles. The van der Waals surface area contributed by atoms with Gasteiger partial charge in [0.2, 0.25) is 0 Å². The summed E-state index contributed by atoms with van der Waals surface area (Å²) in [7, 11) is 0. The van der Waals surface area contributed by atoms with E-state index in [4.69, 9.17) is 0 Å². The molecule has 30 heavy (non-hydrogen) atoms. The second-order valence-corrected chi connectivity index (χ2v) is 7.05. The number of fused-ring (bicyclic) bond motifs is 1. The normalized spacial score (nSPS) is 13.7. The molecule has 1 N–H and O–H groups in total. The highest BCUT2D eigenvalue weighted by molar-refractivity contribution is 5.90. The van der Waals surface area contributed by atoms with Crippen LogP contribution in [0.5, 0.6) is 0 Å². The van der Waals surface area contributed by atoms with E-state index in [9.17, 15) is 9.18 Å². The number of carbonyl (C=O) groups excluding carboxylic acids is 1. The highest BCUT2D eigenvalue weighted by atomic mass is 19.1. The number of carbonyl (C=O) groups is 1. The Morgan fingerprint density at radius 1 is 1.03 bits per heavy atom.